The first-order valence-electron chi connectivity index (χ1n) is 13.8. The number of pyridine rings is 1. The summed E-state index contributed by atoms with van der Waals surface area (Å²) in [6.45, 7) is 2.25. The van der Waals surface area contributed by atoms with Crippen LogP contribution >= 0.6 is 0 Å². The van der Waals surface area contributed by atoms with Crippen LogP contribution in [0.1, 0.15) is 30.9 Å². The number of hydrogen-bond acceptors (Lipinski definition) is 9. The number of halogens is 6. The Labute approximate surface area is 246 Å². The molecule has 2 amide bonds. The normalized spacial score (nSPS) is 21.0. The molecule has 240 valence electrons. The molecule has 3 aliphatic heterocycles. The van der Waals surface area contributed by atoms with Crippen molar-refractivity contribution in [2.45, 2.75) is 50.3 Å². The predicted octanol–water partition coefficient (Wildman–Crippen LogP) is 2.26. The van der Waals surface area contributed by atoms with E-state index in [4.69, 9.17) is 9.47 Å². The average Bonchev–Trinajstić information content (AvgIpc) is 2.92. The van der Waals surface area contributed by atoms with Crippen molar-refractivity contribution in [3.63, 3.8) is 0 Å². The molecule has 3 aliphatic rings. The van der Waals surface area contributed by atoms with Crippen LogP contribution in [0.15, 0.2) is 23.3 Å². The Bertz CT molecular complexity index is 1450. The number of carbonyl (C=O) groups excluding carboxylic acids is 2. The highest BCUT2D eigenvalue weighted by atomic mass is 19.4. The molecule has 0 saturated carbocycles. The van der Waals surface area contributed by atoms with E-state index in [1.165, 1.54) is 16.7 Å². The smallest absolute Gasteiger partial charge is 0.379 e. The molecule has 2 N–H and O–H groups in total. The second kappa shape index (κ2) is 12.2. The second-order valence-corrected chi connectivity index (χ2v) is 10.7. The van der Waals surface area contributed by atoms with Gasteiger partial charge < -0.3 is 29.5 Å². The number of ether oxygens (including phenoxy) is 2. The minimum absolute atomic E-state index is 0.0183. The van der Waals surface area contributed by atoms with Gasteiger partial charge in [0, 0.05) is 31.9 Å². The van der Waals surface area contributed by atoms with E-state index in [1.807, 2.05) is 0 Å². The van der Waals surface area contributed by atoms with Crippen LogP contribution < -0.4 is 20.7 Å². The number of nitrogens with zero attached hydrogens (tertiary/aromatic N) is 5. The van der Waals surface area contributed by atoms with E-state index in [1.54, 1.807) is 10.00 Å². The SMILES string of the molecule is C[C@@H](COCCC(=O)N1CCN2c3ncc(C(F)(F)F)cc3N(CC3CCO3)C(=O)C2C1)Nc1cn[nH]c(=O)c1C(F)(F)F. The zero-order chi connectivity index (χ0) is 31.8. The molecule has 2 saturated heterocycles. The van der Waals surface area contributed by atoms with Gasteiger partial charge >= 0.3 is 12.4 Å². The van der Waals surface area contributed by atoms with E-state index < -0.39 is 52.7 Å². The molecule has 0 aliphatic carbocycles. The number of alkyl halides is 6. The van der Waals surface area contributed by atoms with Crippen LogP contribution in [0.25, 0.3) is 0 Å². The Hall–Kier alpha value is -3.93. The van der Waals surface area contributed by atoms with Gasteiger partial charge in [-0.15, -0.1) is 0 Å². The monoisotopic (exact) mass is 633 g/mol. The van der Waals surface area contributed by atoms with Crippen LogP contribution in [0.2, 0.25) is 0 Å². The minimum Gasteiger partial charge on any atom is -0.379 e. The summed E-state index contributed by atoms with van der Waals surface area (Å²) in [5.74, 6) is -0.574. The molecule has 0 aromatic carbocycles. The van der Waals surface area contributed by atoms with Crippen molar-refractivity contribution in [2.75, 3.05) is 61.1 Å². The number of aromatic nitrogens is 3. The summed E-state index contributed by atoms with van der Waals surface area (Å²) in [7, 11) is 0. The predicted molar refractivity (Wildman–Crippen MR) is 142 cm³/mol. The van der Waals surface area contributed by atoms with Crippen molar-refractivity contribution in [3.05, 3.63) is 39.9 Å². The van der Waals surface area contributed by atoms with Crippen LogP contribution in [0, 0.1) is 0 Å². The van der Waals surface area contributed by atoms with Crippen LogP contribution in [0.3, 0.4) is 0 Å². The number of rotatable bonds is 9. The Morgan fingerprint density at radius 3 is 2.59 bits per heavy atom. The van der Waals surface area contributed by atoms with Crippen LogP contribution in [-0.2, 0) is 31.4 Å². The number of nitrogens with one attached hydrogen (secondary N) is 2. The van der Waals surface area contributed by atoms with Gasteiger partial charge in [0.25, 0.3) is 11.5 Å². The topological polar surface area (TPSA) is 133 Å². The van der Waals surface area contributed by atoms with Crippen molar-refractivity contribution >= 4 is 29.0 Å². The number of hydrogen-bond donors (Lipinski definition) is 2. The molecule has 2 fully saturated rings. The molecule has 5 heterocycles. The first-order valence-corrected chi connectivity index (χ1v) is 13.8. The van der Waals surface area contributed by atoms with E-state index in [0.717, 1.165) is 18.5 Å². The van der Waals surface area contributed by atoms with E-state index >= 15 is 0 Å². The lowest BCUT2D eigenvalue weighted by atomic mass is 10.0. The summed E-state index contributed by atoms with van der Waals surface area (Å²) in [5.41, 5.74) is -4.24. The zero-order valence-corrected chi connectivity index (χ0v) is 23.4. The number of anilines is 3. The molecule has 2 aromatic rings. The Kier molecular flexibility index (Phi) is 8.75. The highest BCUT2D eigenvalue weighted by Gasteiger charge is 2.45. The largest absolute Gasteiger partial charge is 0.423 e. The number of aromatic amines is 1. The quantitative estimate of drug-likeness (QED) is 0.315. The third-order valence-electron chi connectivity index (χ3n) is 7.57. The summed E-state index contributed by atoms with van der Waals surface area (Å²) >= 11 is 0. The summed E-state index contributed by atoms with van der Waals surface area (Å²) in [6.07, 6.45) is -7.72. The molecular formula is C26H29F6N7O5. The Morgan fingerprint density at radius 1 is 1.18 bits per heavy atom. The van der Waals surface area contributed by atoms with Crippen LogP contribution in [0.4, 0.5) is 43.5 Å². The molecule has 18 heteroatoms. The molecule has 0 spiro atoms. The first kappa shape index (κ1) is 31.5. The number of carbonyl (C=O) groups is 2. The van der Waals surface area contributed by atoms with Crippen molar-refractivity contribution in [2.24, 2.45) is 0 Å². The van der Waals surface area contributed by atoms with E-state index in [-0.39, 0.29) is 69.3 Å². The zero-order valence-electron chi connectivity index (χ0n) is 23.4. The lowest BCUT2D eigenvalue weighted by molar-refractivity contribution is -0.138. The van der Waals surface area contributed by atoms with E-state index in [9.17, 15) is 40.7 Å². The third kappa shape index (κ3) is 6.59. The summed E-state index contributed by atoms with van der Waals surface area (Å²) < 4.78 is 91.0. The lowest BCUT2D eigenvalue weighted by Gasteiger charge is -2.48. The van der Waals surface area contributed by atoms with Gasteiger partial charge in [-0.1, -0.05) is 0 Å². The van der Waals surface area contributed by atoms with Crippen molar-refractivity contribution in [1.82, 2.24) is 20.1 Å². The molecule has 12 nitrogen and oxygen atoms in total. The minimum atomic E-state index is -4.90. The lowest BCUT2D eigenvalue weighted by Crippen LogP contribution is -2.64. The molecule has 0 radical (unpaired) electrons. The third-order valence-corrected chi connectivity index (χ3v) is 7.57. The maximum Gasteiger partial charge on any atom is 0.423 e. The fraction of sp³-hybridized carbons (Fsp3) is 0.577. The number of H-pyrrole nitrogens is 1. The Balaban J connectivity index is 1.18. The molecule has 5 rings (SSSR count). The molecule has 44 heavy (non-hydrogen) atoms. The van der Waals surface area contributed by atoms with Crippen LogP contribution in [-0.4, -0.2) is 96.1 Å². The van der Waals surface area contributed by atoms with Gasteiger partial charge in [0.15, 0.2) is 5.82 Å². The van der Waals surface area contributed by atoms with Gasteiger partial charge in [-0.25, -0.2) is 10.1 Å². The fourth-order valence-electron chi connectivity index (χ4n) is 5.29. The molecular weight excluding hydrogens is 604 g/mol. The van der Waals surface area contributed by atoms with Gasteiger partial charge in [0.2, 0.25) is 5.91 Å². The maximum atomic E-state index is 13.6. The van der Waals surface area contributed by atoms with Crippen molar-refractivity contribution < 1.29 is 45.4 Å². The maximum absolute atomic E-state index is 13.6. The van der Waals surface area contributed by atoms with Gasteiger partial charge in [-0.2, -0.15) is 31.4 Å². The highest BCUT2D eigenvalue weighted by Crippen LogP contribution is 2.40. The molecule has 2 unspecified atom stereocenters. The van der Waals surface area contributed by atoms with Gasteiger partial charge in [0.05, 0.1) is 62.0 Å². The molecule has 3 atom stereocenters. The number of amides is 2. The van der Waals surface area contributed by atoms with Gasteiger partial charge in [0.1, 0.15) is 11.6 Å². The standard InChI is InChI=1S/C26H29F6N7O5/c1-14(35-17-10-34-36-23(41)21(17)26(30,31)32)13-43-6-3-20(40)37-4-5-38-19(12-37)24(42)39(11-16-2-7-44-16)18-8-15(25(27,28)29)9-33-22(18)38/h8-10,14,16,19H,2-7,11-13H2,1H3,(H2,35,36,41)/t14-,16?,19?/m0/s1. The van der Waals surface area contributed by atoms with E-state index in [0.29, 0.717) is 13.0 Å². The Morgan fingerprint density at radius 2 is 1.93 bits per heavy atom. The van der Waals surface area contributed by atoms with Gasteiger partial charge in [-0.3, -0.25) is 14.4 Å². The van der Waals surface area contributed by atoms with Gasteiger partial charge in [-0.05, 0) is 19.4 Å². The van der Waals surface area contributed by atoms with E-state index in [2.05, 4.69) is 15.4 Å². The average molecular weight is 634 g/mol. The summed E-state index contributed by atoms with van der Waals surface area (Å²) in [4.78, 5) is 46.6. The van der Waals surface area contributed by atoms with Crippen LogP contribution in [0.5, 0.6) is 0 Å². The number of fused-ring (bicyclic) bond motifs is 3. The fourth-order valence-corrected chi connectivity index (χ4v) is 5.29. The first-order chi connectivity index (χ1) is 20.7. The second-order valence-electron chi connectivity index (χ2n) is 10.7. The molecule has 2 aromatic heterocycles. The highest BCUT2D eigenvalue weighted by molar-refractivity contribution is 6.05. The number of piperazine rings is 1. The summed E-state index contributed by atoms with van der Waals surface area (Å²) in [5, 5.41) is 7.68. The van der Waals surface area contributed by atoms with Crippen molar-refractivity contribution in [3.8, 4) is 0 Å². The van der Waals surface area contributed by atoms with Crippen molar-refractivity contribution in [1.29, 1.82) is 0 Å². The molecule has 0 bridgehead atoms. The summed E-state index contributed by atoms with van der Waals surface area (Å²) in [6, 6.07) is -0.620.